The van der Waals surface area contributed by atoms with Crippen molar-refractivity contribution >= 4 is 21.4 Å². The van der Waals surface area contributed by atoms with E-state index in [9.17, 15) is 8.42 Å². The highest BCUT2D eigenvalue weighted by Gasteiger charge is 2.25. The molecule has 120 valence electrons. The van der Waals surface area contributed by atoms with E-state index in [1.54, 1.807) is 6.07 Å². The summed E-state index contributed by atoms with van der Waals surface area (Å²) >= 11 is 1.39. The molecule has 1 heterocycles. The summed E-state index contributed by atoms with van der Waals surface area (Å²) in [4.78, 5) is 1.12. The van der Waals surface area contributed by atoms with Gasteiger partial charge in [0.25, 0.3) is 0 Å². The second kappa shape index (κ2) is 6.77. The summed E-state index contributed by atoms with van der Waals surface area (Å²) in [6.45, 7) is 8.86. The molecule has 0 spiro atoms. The number of hydrogen-bond acceptors (Lipinski definition) is 4. The van der Waals surface area contributed by atoms with Crippen molar-refractivity contribution in [1.82, 2.24) is 10.0 Å². The molecule has 1 aromatic heterocycles. The number of hydrogen-bond donors (Lipinski definition) is 2. The first-order valence-corrected chi connectivity index (χ1v) is 9.98. The largest absolute Gasteiger partial charge is 0.309 e. The normalized spacial score (nSPS) is 17.4. The monoisotopic (exact) mass is 330 g/mol. The van der Waals surface area contributed by atoms with E-state index in [0.29, 0.717) is 16.2 Å². The summed E-state index contributed by atoms with van der Waals surface area (Å²) in [5, 5.41) is 3.44. The van der Waals surface area contributed by atoms with Crippen molar-refractivity contribution < 1.29 is 8.42 Å². The van der Waals surface area contributed by atoms with E-state index in [0.717, 1.165) is 23.4 Å². The topological polar surface area (TPSA) is 58.2 Å². The summed E-state index contributed by atoms with van der Waals surface area (Å²) < 4.78 is 28.3. The van der Waals surface area contributed by atoms with E-state index < -0.39 is 10.0 Å². The van der Waals surface area contributed by atoms with Crippen molar-refractivity contribution in [1.29, 1.82) is 0 Å². The van der Waals surface area contributed by atoms with Crippen LogP contribution < -0.4 is 10.0 Å². The maximum atomic E-state index is 12.5. The first-order chi connectivity index (χ1) is 9.83. The molecule has 0 radical (unpaired) electrons. The molecular weight excluding hydrogens is 304 g/mol. The Hall–Kier alpha value is -0.430. The smallest absolute Gasteiger partial charge is 0.250 e. The second-order valence-electron chi connectivity index (χ2n) is 6.21. The lowest BCUT2D eigenvalue weighted by atomic mass is 10.0. The molecule has 2 rings (SSSR count). The predicted octanol–water partition coefficient (Wildman–Crippen LogP) is 3.02. The summed E-state index contributed by atoms with van der Waals surface area (Å²) in [5.41, 5.74) is 1.06. The summed E-state index contributed by atoms with van der Waals surface area (Å²) in [5.74, 6) is 0.293. The van der Waals surface area contributed by atoms with Crippen LogP contribution in [0.4, 0.5) is 0 Å². The van der Waals surface area contributed by atoms with Crippen molar-refractivity contribution in [2.75, 3.05) is 0 Å². The zero-order valence-corrected chi connectivity index (χ0v) is 14.9. The summed E-state index contributed by atoms with van der Waals surface area (Å²) in [7, 11) is -3.40. The molecule has 0 aromatic carbocycles. The van der Waals surface area contributed by atoms with Gasteiger partial charge in [0.2, 0.25) is 10.0 Å². The molecule has 1 aliphatic carbocycles. The Morgan fingerprint density at radius 2 is 2.05 bits per heavy atom. The van der Waals surface area contributed by atoms with Crippen molar-refractivity contribution in [2.24, 2.45) is 5.92 Å². The first-order valence-electron chi connectivity index (χ1n) is 7.68. The van der Waals surface area contributed by atoms with Gasteiger partial charge in [0.15, 0.2) is 0 Å². The van der Waals surface area contributed by atoms with Crippen LogP contribution in [-0.2, 0) is 16.6 Å². The van der Waals surface area contributed by atoms with Crippen molar-refractivity contribution in [3.05, 3.63) is 16.5 Å². The Bertz CT molecular complexity index is 574. The van der Waals surface area contributed by atoms with Gasteiger partial charge in [-0.25, -0.2) is 13.1 Å². The highest BCUT2D eigenvalue weighted by atomic mass is 32.2. The van der Waals surface area contributed by atoms with Gasteiger partial charge in [0.05, 0.1) is 0 Å². The molecule has 1 unspecified atom stereocenters. The van der Waals surface area contributed by atoms with Crippen LogP contribution in [0, 0.1) is 12.8 Å². The van der Waals surface area contributed by atoms with Gasteiger partial charge < -0.3 is 5.32 Å². The van der Waals surface area contributed by atoms with Gasteiger partial charge in [-0.3, -0.25) is 0 Å². The number of rotatable bonds is 8. The zero-order valence-electron chi connectivity index (χ0n) is 13.3. The molecule has 0 saturated heterocycles. The lowest BCUT2D eigenvalue weighted by molar-refractivity contribution is 0.438. The van der Waals surface area contributed by atoms with E-state index in [2.05, 4.69) is 10.0 Å². The highest BCUT2D eigenvalue weighted by Crippen LogP contribution is 2.28. The highest BCUT2D eigenvalue weighted by molar-refractivity contribution is 7.91. The molecule has 1 atom stereocenters. The molecular formula is C15H26N2O2S2. The third-order valence-electron chi connectivity index (χ3n) is 3.94. The fraction of sp³-hybridized carbons (Fsp3) is 0.733. The number of sulfonamides is 1. The van der Waals surface area contributed by atoms with Crippen LogP contribution in [0.2, 0.25) is 0 Å². The molecule has 1 fully saturated rings. The van der Waals surface area contributed by atoms with Gasteiger partial charge >= 0.3 is 0 Å². The molecule has 1 aromatic rings. The quantitative estimate of drug-likeness (QED) is 0.770. The molecule has 0 amide bonds. The van der Waals surface area contributed by atoms with Crippen LogP contribution in [0.15, 0.2) is 10.3 Å². The minimum absolute atomic E-state index is 0.00885. The molecule has 2 N–H and O–H groups in total. The first kappa shape index (κ1) is 16.9. The molecule has 0 aliphatic heterocycles. The van der Waals surface area contributed by atoms with E-state index in [1.165, 1.54) is 24.2 Å². The zero-order chi connectivity index (χ0) is 15.6. The summed E-state index contributed by atoms with van der Waals surface area (Å²) in [6, 6.07) is 2.42. The van der Waals surface area contributed by atoms with Crippen LogP contribution in [0.5, 0.6) is 0 Å². The Morgan fingerprint density at radius 3 is 2.57 bits per heavy atom. The average molecular weight is 331 g/mol. The van der Waals surface area contributed by atoms with Crippen LogP contribution in [-0.4, -0.2) is 20.5 Å². The van der Waals surface area contributed by atoms with Crippen LogP contribution in [0.25, 0.3) is 0 Å². The number of aryl methyl sites for hydroxylation is 1. The van der Waals surface area contributed by atoms with Crippen LogP contribution in [0.1, 0.15) is 50.5 Å². The maximum Gasteiger partial charge on any atom is 0.250 e. The van der Waals surface area contributed by atoms with Crippen LogP contribution >= 0.6 is 11.3 Å². The Balaban J connectivity index is 2.09. The Labute approximate surface area is 132 Å². The van der Waals surface area contributed by atoms with Crippen molar-refractivity contribution in [3.63, 3.8) is 0 Å². The third kappa shape index (κ3) is 4.52. The van der Waals surface area contributed by atoms with Crippen molar-refractivity contribution in [2.45, 2.75) is 69.8 Å². The van der Waals surface area contributed by atoms with E-state index in [4.69, 9.17) is 0 Å². The van der Waals surface area contributed by atoms with Gasteiger partial charge in [0.1, 0.15) is 4.21 Å². The molecule has 1 aliphatic rings. The Morgan fingerprint density at radius 1 is 1.38 bits per heavy atom. The average Bonchev–Trinajstić information content (AvgIpc) is 3.16. The summed E-state index contributed by atoms with van der Waals surface area (Å²) in [6.07, 6.45) is 3.28. The minimum atomic E-state index is -3.40. The minimum Gasteiger partial charge on any atom is -0.309 e. The Kier molecular flexibility index (Phi) is 5.46. The fourth-order valence-corrected chi connectivity index (χ4v) is 5.29. The molecule has 4 nitrogen and oxygen atoms in total. The van der Waals surface area contributed by atoms with E-state index in [1.807, 2.05) is 27.7 Å². The molecule has 1 saturated carbocycles. The standard InChI is InChI=1S/C15H26N2O2S2/c1-5-13(10(2)3)17-21(18,19)15-8-11(4)14(20-15)9-16-12-6-7-12/h8,10,12-13,16-17H,5-7,9H2,1-4H3. The molecule has 6 heteroatoms. The van der Waals surface area contributed by atoms with Gasteiger partial charge in [-0.05, 0) is 43.7 Å². The lowest BCUT2D eigenvalue weighted by Crippen LogP contribution is -2.37. The lowest BCUT2D eigenvalue weighted by Gasteiger charge is -2.19. The van der Waals surface area contributed by atoms with E-state index in [-0.39, 0.29) is 6.04 Å². The predicted molar refractivity (Wildman–Crippen MR) is 88.2 cm³/mol. The molecule has 0 bridgehead atoms. The maximum absolute atomic E-state index is 12.5. The SMILES string of the molecule is CCC(NS(=O)(=O)c1cc(C)c(CNC2CC2)s1)C(C)C. The van der Waals surface area contributed by atoms with Gasteiger partial charge in [0, 0.05) is 23.5 Å². The van der Waals surface area contributed by atoms with Crippen LogP contribution in [0.3, 0.4) is 0 Å². The second-order valence-corrected chi connectivity index (χ2v) is 9.28. The molecule has 21 heavy (non-hydrogen) atoms. The third-order valence-corrected chi connectivity index (χ3v) is 7.14. The number of nitrogens with one attached hydrogen (secondary N) is 2. The van der Waals surface area contributed by atoms with Gasteiger partial charge in [-0.1, -0.05) is 20.8 Å². The van der Waals surface area contributed by atoms with Gasteiger partial charge in [-0.2, -0.15) is 0 Å². The fourth-order valence-electron chi connectivity index (χ4n) is 2.27. The van der Waals surface area contributed by atoms with Gasteiger partial charge in [-0.15, -0.1) is 11.3 Å². The van der Waals surface area contributed by atoms with Crippen molar-refractivity contribution in [3.8, 4) is 0 Å². The van der Waals surface area contributed by atoms with E-state index >= 15 is 0 Å². The number of thiophene rings is 1.